The van der Waals surface area contributed by atoms with Crippen molar-refractivity contribution in [3.63, 3.8) is 0 Å². The average Bonchev–Trinajstić information content (AvgIpc) is 3.17. The summed E-state index contributed by atoms with van der Waals surface area (Å²) < 4.78 is 1.73. The van der Waals surface area contributed by atoms with Gasteiger partial charge in [0.05, 0.1) is 17.8 Å². The SMILES string of the molecule is CCC(CC(=O)N1CCC(n2cc(C(=O)O)cn2)CC1)c1ccccc1. The number of carbonyl (C=O) groups is 2. The molecule has 1 unspecified atom stereocenters. The van der Waals surface area contributed by atoms with Crippen LogP contribution in [0.1, 0.15) is 60.5 Å². The molecule has 0 radical (unpaired) electrons. The standard InChI is InChI=1S/C20H25N3O3/c1-2-15(16-6-4-3-5-7-16)12-19(24)22-10-8-18(9-11-22)23-14-17(13-21-23)20(25)26/h3-7,13-15,18H,2,8-12H2,1H3,(H,25,26). The van der Waals surface area contributed by atoms with E-state index in [2.05, 4.69) is 24.2 Å². The Morgan fingerprint density at radius 3 is 2.50 bits per heavy atom. The normalized spacial score (nSPS) is 16.4. The van der Waals surface area contributed by atoms with E-state index in [1.54, 1.807) is 10.9 Å². The Morgan fingerprint density at radius 1 is 1.23 bits per heavy atom. The Labute approximate surface area is 153 Å². The van der Waals surface area contributed by atoms with Crippen molar-refractivity contribution < 1.29 is 14.7 Å². The van der Waals surface area contributed by atoms with Crippen LogP contribution in [0.2, 0.25) is 0 Å². The molecule has 2 aromatic rings. The van der Waals surface area contributed by atoms with Crippen molar-refractivity contribution in [1.82, 2.24) is 14.7 Å². The van der Waals surface area contributed by atoms with Crippen molar-refractivity contribution in [1.29, 1.82) is 0 Å². The van der Waals surface area contributed by atoms with Crippen molar-refractivity contribution in [2.75, 3.05) is 13.1 Å². The fourth-order valence-corrected chi connectivity index (χ4v) is 3.59. The van der Waals surface area contributed by atoms with Gasteiger partial charge in [0.2, 0.25) is 5.91 Å². The van der Waals surface area contributed by atoms with E-state index in [9.17, 15) is 9.59 Å². The topological polar surface area (TPSA) is 75.4 Å². The van der Waals surface area contributed by atoms with E-state index >= 15 is 0 Å². The van der Waals surface area contributed by atoms with Gasteiger partial charge in [-0.15, -0.1) is 0 Å². The Bertz CT molecular complexity index is 749. The molecule has 6 heteroatoms. The lowest BCUT2D eigenvalue weighted by atomic mass is 9.92. The summed E-state index contributed by atoms with van der Waals surface area (Å²) in [5.41, 5.74) is 1.42. The summed E-state index contributed by atoms with van der Waals surface area (Å²) in [4.78, 5) is 25.6. The predicted molar refractivity (Wildman–Crippen MR) is 98.1 cm³/mol. The summed E-state index contributed by atoms with van der Waals surface area (Å²) in [5.74, 6) is -0.508. The molecule has 2 heterocycles. The van der Waals surface area contributed by atoms with Gasteiger partial charge in [-0.3, -0.25) is 9.48 Å². The second kappa shape index (κ2) is 8.17. The third-order valence-electron chi connectivity index (χ3n) is 5.22. The zero-order chi connectivity index (χ0) is 18.5. The number of carboxylic acids is 1. The molecular formula is C20H25N3O3. The number of benzene rings is 1. The predicted octanol–water partition coefficient (Wildman–Crippen LogP) is 3.33. The van der Waals surface area contributed by atoms with Gasteiger partial charge in [-0.1, -0.05) is 37.3 Å². The summed E-state index contributed by atoms with van der Waals surface area (Å²) >= 11 is 0. The maximum atomic E-state index is 12.7. The van der Waals surface area contributed by atoms with Crippen molar-refractivity contribution in [3.8, 4) is 0 Å². The van der Waals surface area contributed by atoms with Crippen molar-refractivity contribution >= 4 is 11.9 Å². The molecule has 6 nitrogen and oxygen atoms in total. The molecule has 1 aromatic heterocycles. The molecule has 0 aliphatic carbocycles. The number of aromatic nitrogens is 2. The lowest BCUT2D eigenvalue weighted by molar-refractivity contribution is -0.133. The first-order valence-electron chi connectivity index (χ1n) is 9.18. The van der Waals surface area contributed by atoms with Crippen molar-refractivity contribution in [2.24, 2.45) is 0 Å². The molecule has 1 amide bonds. The van der Waals surface area contributed by atoms with Crippen molar-refractivity contribution in [2.45, 2.75) is 44.6 Å². The van der Waals surface area contributed by atoms with Crippen LogP contribution in [-0.2, 0) is 4.79 Å². The highest BCUT2D eigenvalue weighted by molar-refractivity contribution is 5.86. The first-order chi connectivity index (χ1) is 12.6. The van der Waals surface area contributed by atoms with Crippen LogP contribution in [-0.4, -0.2) is 44.8 Å². The molecule has 1 aliphatic heterocycles. The van der Waals surface area contributed by atoms with E-state index in [0.29, 0.717) is 19.5 Å². The van der Waals surface area contributed by atoms with Gasteiger partial charge in [0.15, 0.2) is 0 Å². The first-order valence-corrected chi connectivity index (χ1v) is 9.18. The van der Waals surface area contributed by atoms with E-state index in [0.717, 1.165) is 19.3 Å². The molecule has 0 bridgehead atoms. The lowest BCUT2D eigenvalue weighted by Crippen LogP contribution is -2.39. The van der Waals surface area contributed by atoms with Crippen LogP contribution in [0.15, 0.2) is 42.7 Å². The van der Waals surface area contributed by atoms with E-state index in [4.69, 9.17) is 5.11 Å². The zero-order valence-corrected chi connectivity index (χ0v) is 15.0. The van der Waals surface area contributed by atoms with Gasteiger partial charge in [-0.25, -0.2) is 4.79 Å². The van der Waals surface area contributed by atoms with E-state index < -0.39 is 5.97 Å². The molecule has 1 atom stereocenters. The smallest absolute Gasteiger partial charge is 0.338 e. The number of rotatable bonds is 6. The minimum absolute atomic E-state index is 0.156. The number of carbonyl (C=O) groups excluding carboxylic acids is 1. The number of hydrogen-bond acceptors (Lipinski definition) is 3. The summed E-state index contributed by atoms with van der Waals surface area (Å²) in [7, 11) is 0. The molecule has 1 aliphatic rings. The van der Waals surface area contributed by atoms with Gasteiger partial charge in [0, 0.05) is 25.7 Å². The molecule has 1 N–H and O–H groups in total. The number of likely N-dealkylation sites (tertiary alicyclic amines) is 1. The van der Waals surface area contributed by atoms with E-state index in [1.807, 2.05) is 23.1 Å². The van der Waals surface area contributed by atoms with Crippen LogP contribution in [0.5, 0.6) is 0 Å². The number of amides is 1. The molecule has 0 saturated carbocycles. The summed E-state index contributed by atoms with van der Waals surface area (Å²) in [6.45, 7) is 3.50. The average molecular weight is 355 g/mol. The molecule has 3 rings (SSSR count). The third-order valence-corrected chi connectivity index (χ3v) is 5.22. The maximum Gasteiger partial charge on any atom is 0.338 e. The van der Waals surface area contributed by atoms with Crippen LogP contribution in [0.4, 0.5) is 0 Å². The monoisotopic (exact) mass is 355 g/mol. The van der Waals surface area contributed by atoms with Gasteiger partial charge in [0.25, 0.3) is 0 Å². The molecule has 138 valence electrons. The minimum atomic E-state index is -0.963. The van der Waals surface area contributed by atoms with Crippen LogP contribution in [0.3, 0.4) is 0 Å². The second-order valence-electron chi connectivity index (χ2n) is 6.85. The van der Waals surface area contributed by atoms with Crippen LogP contribution in [0, 0.1) is 0 Å². The van der Waals surface area contributed by atoms with Crippen LogP contribution < -0.4 is 0 Å². The molecule has 1 saturated heterocycles. The van der Waals surface area contributed by atoms with Gasteiger partial charge >= 0.3 is 5.97 Å². The summed E-state index contributed by atoms with van der Waals surface area (Å²) in [6, 6.07) is 10.4. The Morgan fingerprint density at radius 2 is 1.92 bits per heavy atom. The number of piperidine rings is 1. The molecule has 0 spiro atoms. The number of carboxylic acid groups (broad SMARTS) is 1. The Balaban J connectivity index is 1.55. The van der Waals surface area contributed by atoms with Gasteiger partial charge in [-0.2, -0.15) is 5.10 Å². The van der Waals surface area contributed by atoms with E-state index in [-0.39, 0.29) is 23.4 Å². The highest BCUT2D eigenvalue weighted by Crippen LogP contribution is 2.27. The Kier molecular flexibility index (Phi) is 5.71. The van der Waals surface area contributed by atoms with Gasteiger partial charge < -0.3 is 10.0 Å². The Hall–Kier alpha value is -2.63. The second-order valence-corrected chi connectivity index (χ2v) is 6.85. The molecule has 1 fully saturated rings. The number of aromatic carboxylic acids is 1. The fraction of sp³-hybridized carbons (Fsp3) is 0.450. The number of hydrogen-bond donors (Lipinski definition) is 1. The van der Waals surface area contributed by atoms with Crippen LogP contribution >= 0.6 is 0 Å². The first kappa shape index (κ1) is 18.2. The minimum Gasteiger partial charge on any atom is -0.478 e. The molecular weight excluding hydrogens is 330 g/mol. The van der Waals surface area contributed by atoms with Crippen molar-refractivity contribution in [3.05, 3.63) is 53.9 Å². The lowest BCUT2D eigenvalue weighted by Gasteiger charge is -2.33. The molecule has 26 heavy (non-hydrogen) atoms. The van der Waals surface area contributed by atoms with Gasteiger partial charge in [-0.05, 0) is 30.7 Å². The number of nitrogens with zero attached hydrogens (tertiary/aromatic N) is 3. The largest absolute Gasteiger partial charge is 0.478 e. The fourth-order valence-electron chi connectivity index (χ4n) is 3.59. The van der Waals surface area contributed by atoms with Crippen LogP contribution in [0.25, 0.3) is 0 Å². The maximum absolute atomic E-state index is 12.7. The summed E-state index contributed by atoms with van der Waals surface area (Å²) in [5, 5.41) is 13.2. The third kappa shape index (κ3) is 4.12. The summed E-state index contributed by atoms with van der Waals surface area (Å²) in [6.07, 6.45) is 6.04. The zero-order valence-electron chi connectivity index (χ0n) is 15.0. The van der Waals surface area contributed by atoms with Gasteiger partial charge in [0.1, 0.15) is 0 Å². The highest BCUT2D eigenvalue weighted by Gasteiger charge is 2.26. The highest BCUT2D eigenvalue weighted by atomic mass is 16.4. The molecule has 1 aromatic carbocycles. The van der Waals surface area contributed by atoms with E-state index in [1.165, 1.54) is 11.8 Å². The quantitative estimate of drug-likeness (QED) is 0.862.